The maximum absolute atomic E-state index is 5.52. The van der Waals surface area contributed by atoms with Gasteiger partial charge in [0.2, 0.25) is 0 Å². The summed E-state index contributed by atoms with van der Waals surface area (Å²) in [6.07, 6.45) is 0.949. The molecular weight excluding hydrogens is 306 g/mol. The molecule has 0 saturated carbocycles. The van der Waals surface area contributed by atoms with Crippen molar-refractivity contribution in [3.8, 4) is 0 Å². The van der Waals surface area contributed by atoms with Crippen molar-refractivity contribution in [2.75, 3.05) is 21.3 Å². The highest BCUT2D eigenvalue weighted by Gasteiger charge is 2.36. The Labute approximate surface area is 137 Å². The molecule has 0 atom stereocenters. The Morgan fingerprint density at radius 3 is 1.74 bits per heavy atom. The molecule has 0 aliphatic carbocycles. The lowest BCUT2D eigenvalue weighted by Gasteiger charge is -2.24. The van der Waals surface area contributed by atoms with Crippen LogP contribution in [-0.4, -0.2) is 34.7 Å². The van der Waals surface area contributed by atoms with Gasteiger partial charge in [-0.25, -0.2) is 0 Å². The number of nitrogens with zero attached hydrogens (tertiary/aromatic N) is 1. The van der Waals surface area contributed by atoms with Crippen LogP contribution < -0.4 is 0 Å². The molecule has 3 rings (SSSR count). The third-order valence-corrected chi connectivity index (χ3v) is 7.31. The van der Waals surface area contributed by atoms with Crippen molar-refractivity contribution < 1.29 is 13.3 Å². The molecule has 0 fully saturated rings. The van der Waals surface area contributed by atoms with E-state index >= 15 is 0 Å². The quantitative estimate of drug-likeness (QED) is 0.613. The highest BCUT2D eigenvalue weighted by molar-refractivity contribution is 6.60. The molecule has 5 heteroatoms. The van der Waals surface area contributed by atoms with Gasteiger partial charge in [-0.05, 0) is 18.6 Å². The van der Waals surface area contributed by atoms with Gasteiger partial charge < -0.3 is 17.8 Å². The maximum atomic E-state index is 5.52. The van der Waals surface area contributed by atoms with E-state index in [1.54, 1.807) is 21.3 Å². The van der Waals surface area contributed by atoms with Crippen LogP contribution in [0.3, 0.4) is 0 Å². The van der Waals surface area contributed by atoms with E-state index in [9.17, 15) is 0 Å². The van der Waals surface area contributed by atoms with Crippen molar-refractivity contribution in [2.24, 2.45) is 0 Å². The van der Waals surface area contributed by atoms with Crippen molar-refractivity contribution in [1.82, 2.24) is 4.57 Å². The molecule has 1 aromatic heterocycles. The zero-order valence-electron chi connectivity index (χ0n) is 13.9. The minimum atomic E-state index is -2.50. The van der Waals surface area contributed by atoms with Gasteiger partial charge in [0.1, 0.15) is 0 Å². The van der Waals surface area contributed by atoms with E-state index in [2.05, 4.69) is 53.1 Å². The minimum absolute atomic E-state index is 0.803. The Hall–Kier alpha value is -1.66. The van der Waals surface area contributed by atoms with E-state index in [0.29, 0.717) is 0 Å². The second-order valence-corrected chi connectivity index (χ2v) is 8.68. The summed E-state index contributed by atoms with van der Waals surface area (Å²) in [6.45, 7) is 0.916. The summed E-state index contributed by atoms with van der Waals surface area (Å²) in [5, 5.41) is 2.61. The number of hydrogen-bond donors (Lipinski definition) is 0. The molecule has 3 aromatic rings. The Bertz CT molecular complexity index is 734. The number of aromatic nitrogens is 1. The molecule has 0 amide bonds. The summed E-state index contributed by atoms with van der Waals surface area (Å²) in [5.74, 6) is 0. The SMILES string of the molecule is CO[Si](CCCn1c2ccccc2c2ccccc21)(OC)OC. The first-order valence-corrected chi connectivity index (χ1v) is 9.79. The first-order chi connectivity index (χ1) is 11.2. The van der Waals surface area contributed by atoms with Crippen molar-refractivity contribution in [2.45, 2.75) is 19.0 Å². The number of fused-ring (bicyclic) bond motifs is 3. The van der Waals surface area contributed by atoms with Gasteiger partial charge in [0.05, 0.1) is 0 Å². The molecular formula is C18H23NO3Si. The van der Waals surface area contributed by atoms with Crippen LogP contribution in [0.25, 0.3) is 21.8 Å². The fourth-order valence-electron chi connectivity index (χ4n) is 3.25. The first-order valence-electron chi connectivity index (χ1n) is 7.86. The third kappa shape index (κ3) is 2.93. The fourth-order valence-corrected chi connectivity index (χ4v) is 4.96. The van der Waals surface area contributed by atoms with E-state index in [-0.39, 0.29) is 0 Å². The number of para-hydroxylation sites is 2. The Morgan fingerprint density at radius 1 is 0.783 bits per heavy atom. The predicted molar refractivity (Wildman–Crippen MR) is 95.6 cm³/mol. The molecule has 4 nitrogen and oxygen atoms in total. The summed E-state index contributed by atoms with van der Waals surface area (Å²) < 4.78 is 18.9. The molecule has 0 aliphatic heterocycles. The fraction of sp³-hybridized carbons (Fsp3) is 0.333. The van der Waals surface area contributed by atoms with Gasteiger partial charge in [0.15, 0.2) is 0 Å². The van der Waals surface area contributed by atoms with Crippen LogP contribution in [-0.2, 0) is 19.8 Å². The molecule has 0 radical (unpaired) electrons. The molecule has 0 N–H and O–H groups in total. The Morgan fingerprint density at radius 2 is 1.26 bits per heavy atom. The van der Waals surface area contributed by atoms with Crippen LogP contribution in [0.15, 0.2) is 48.5 Å². The largest absolute Gasteiger partial charge is 0.500 e. The van der Waals surface area contributed by atoms with Crippen molar-refractivity contribution in [3.63, 3.8) is 0 Å². The number of benzene rings is 2. The van der Waals surface area contributed by atoms with E-state index in [1.165, 1.54) is 21.8 Å². The van der Waals surface area contributed by atoms with Gasteiger partial charge in [-0.2, -0.15) is 0 Å². The van der Waals surface area contributed by atoms with E-state index in [0.717, 1.165) is 19.0 Å². The van der Waals surface area contributed by atoms with E-state index in [1.807, 2.05) is 0 Å². The number of aryl methyl sites for hydroxylation is 1. The van der Waals surface area contributed by atoms with Crippen LogP contribution in [0, 0.1) is 0 Å². The summed E-state index contributed by atoms with van der Waals surface area (Å²) in [4.78, 5) is 0. The molecule has 122 valence electrons. The summed E-state index contributed by atoms with van der Waals surface area (Å²) in [6, 6.07) is 17.9. The maximum Gasteiger partial charge on any atom is 0.500 e. The van der Waals surface area contributed by atoms with Crippen molar-refractivity contribution >= 4 is 30.6 Å². The zero-order valence-corrected chi connectivity index (χ0v) is 14.9. The van der Waals surface area contributed by atoms with Gasteiger partial charge in [-0.1, -0.05) is 36.4 Å². The average molecular weight is 329 g/mol. The van der Waals surface area contributed by atoms with Crippen molar-refractivity contribution in [3.05, 3.63) is 48.5 Å². The van der Waals surface area contributed by atoms with Crippen LogP contribution >= 0.6 is 0 Å². The zero-order chi connectivity index (χ0) is 16.3. The Balaban J connectivity index is 1.90. The third-order valence-electron chi connectivity index (χ3n) is 4.48. The minimum Gasteiger partial charge on any atom is -0.377 e. The molecule has 0 aliphatic rings. The lowest BCUT2D eigenvalue weighted by atomic mass is 10.2. The van der Waals surface area contributed by atoms with Crippen molar-refractivity contribution in [1.29, 1.82) is 0 Å². The van der Waals surface area contributed by atoms with Crippen LogP contribution in [0.1, 0.15) is 6.42 Å². The molecule has 0 bridgehead atoms. The molecule has 0 spiro atoms. The second kappa shape index (κ2) is 6.84. The molecule has 1 heterocycles. The standard InChI is InChI=1S/C18H23NO3Si/c1-20-23(21-2,22-3)14-8-13-19-17-11-6-4-9-15(17)16-10-5-7-12-18(16)19/h4-7,9-12H,8,13-14H2,1-3H3. The summed E-state index contributed by atoms with van der Waals surface area (Å²) in [7, 11) is 2.50. The van der Waals surface area contributed by atoms with Crippen LogP contribution in [0.2, 0.25) is 6.04 Å². The van der Waals surface area contributed by atoms with Gasteiger partial charge in [0, 0.05) is 55.7 Å². The molecule has 2 aromatic carbocycles. The topological polar surface area (TPSA) is 32.6 Å². The summed E-state index contributed by atoms with van der Waals surface area (Å²) >= 11 is 0. The van der Waals surface area contributed by atoms with Gasteiger partial charge in [-0.15, -0.1) is 0 Å². The molecule has 0 unspecified atom stereocenters. The summed E-state index contributed by atoms with van der Waals surface area (Å²) in [5.41, 5.74) is 2.54. The average Bonchev–Trinajstić information content (AvgIpc) is 2.94. The van der Waals surface area contributed by atoms with Crippen LogP contribution in [0.5, 0.6) is 0 Å². The van der Waals surface area contributed by atoms with Crippen LogP contribution in [0.4, 0.5) is 0 Å². The lowest BCUT2D eigenvalue weighted by Crippen LogP contribution is -2.42. The number of hydrogen-bond acceptors (Lipinski definition) is 3. The highest BCUT2D eigenvalue weighted by Crippen LogP contribution is 2.29. The monoisotopic (exact) mass is 329 g/mol. The van der Waals surface area contributed by atoms with E-state index < -0.39 is 8.80 Å². The molecule has 0 saturated heterocycles. The van der Waals surface area contributed by atoms with Gasteiger partial charge >= 0.3 is 8.80 Å². The first kappa shape index (κ1) is 16.2. The number of rotatable bonds is 7. The Kier molecular flexibility index (Phi) is 4.82. The highest BCUT2D eigenvalue weighted by atomic mass is 28.4. The smallest absolute Gasteiger partial charge is 0.377 e. The normalized spacial score (nSPS) is 12.3. The van der Waals surface area contributed by atoms with E-state index in [4.69, 9.17) is 13.3 Å². The molecule has 23 heavy (non-hydrogen) atoms. The lowest BCUT2D eigenvalue weighted by molar-refractivity contribution is 0.122. The van der Waals surface area contributed by atoms with Gasteiger partial charge in [0.25, 0.3) is 0 Å². The van der Waals surface area contributed by atoms with Gasteiger partial charge in [-0.3, -0.25) is 0 Å². The predicted octanol–water partition coefficient (Wildman–Crippen LogP) is 4.06. The second-order valence-electron chi connectivity index (χ2n) is 5.58.